The molecule has 2 saturated carbocycles. The minimum Gasteiger partial charge on any atom is -0.726 e. The van der Waals surface area contributed by atoms with Crippen molar-refractivity contribution < 1.29 is 64.5 Å². The molecule has 48 heavy (non-hydrogen) atoms. The van der Waals surface area contributed by atoms with Crippen LogP contribution in [0.25, 0.3) is 0 Å². The number of rotatable bonds is 17. The third-order valence-corrected chi connectivity index (χ3v) is 10.9. The average Bonchev–Trinajstić information content (AvgIpc) is 3.31. The van der Waals surface area contributed by atoms with Gasteiger partial charge in [-0.1, -0.05) is 105 Å². The largest absolute Gasteiger partial charge is 1.00 e. The van der Waals surface area contributed by atoms with Gasteiger partial charge >= 0.3 is 29.6 Å². The molecule has 0 radical (unpaired) electrons. The Balaban J connectivity index is 0. The van der Waals surface area contributed by atoms with E-state index in [0.717, 1.165) is 19.3 Å². The normalized spacial score (nSPS) is 19.3. The number of nitrogens with two attached hydrogens (primary N) is 2. The maximum Gasteiger partial charge on any atom is 1.00 e. The number of hydrogen-bond acceptors (Lipinski definition) is 10. The van der Waals surface area contributed by atoms with Crippen LogP contribution in [0.5, 0.6) is 0 Å². The summed E-state index contributed by atoms with van der Waals surface area (Å²) in [6, 6.07) is 7.15. The second-order valence-corrected chi connectivity index (χ2v) is 15.6. The van der Waals surface area contributed by atoms with Gasteiger partial charge in [0.15, 0.2) is 0 Å². The van der Waals surface area contributed by atoms with Crippen LogP contribution in [-0.2, 0) is 29.5 Å². The summed E-state index contributed by atoms with van der Waals surface area (Å²) in [7, 11) is -8.56. The molecule has 276 valence electrons. The first-order valence-electron chi connectivity index (χ1n) is 17.3. The number of benzene rings is 1. The summed E-state index contributed by atoms with van der Waals surface area (Å²) in [6.07, 6.45) is 13.7. The number of hydrogen-bond donors (Lipinski definition) is 3. The zero-order valence-corrected chi connectivity index (χ0v) is 34.5. The van der Waals surface area contributed by atoms with Crippen molar-refractivity contribution in [2.75, 3.05) is 43.5 Å². The molecular formula is C34H64N3NaO8S2. The first kappa shape index (κ1) is 49.3. The Hall–Kier alpha value is -0.770. The number of Topliss-reactive ketones (excluding diaryl/α,β-unsaturated/α-hetero) is 1. The van der Waals surface area contributed by atoms with Crippen molar-refractivity contribution in [3.8, 4) is 0 Å². The maximum absolute atomic E-state index is 11.9. The molecule has 0 aromatic heterocycles. The first-order chi connectivity index (χ1) is 21.9. The van der Waals surface area contributed by atoms with E-state index in [4.69, 9.17) is 16.0 Å². The summed E-state index contributed by atoms with van der Waals surface area (Å²) in [5, 5.41) is 0. The van der Waals surface area contributed by atoms with Crippen molar-refractivity contribution in [3.63, 3.8) is 0 Å². The van der Waals surface area contributed by atoms with Crippen LogP contribution in [0.15, 0.2) is 24.3 Å². The molecule has 0 spiro atoms. The number of fused-ring (bicyclic) bond motifs is 2. The summed E-state index contributed by atoms with van der Waals surface area (Å²) in [5.74, 6) is -0.101. The molecule has 11 nitrogen and oxygen atoms in total. The van der Waals surface area contributed by atoms with Gasteiger partial charge in [0, 0.05) is 17.8 Å². The van der Waals surface area contributed by atoms with Crippen LogP contribution >= 0.6 is 0 Å². The molecule has 2 fully saturated rings. The van der Waals surface area contributed by atoms with Crippen LogP contribution in [0.4, 0.5) is 11.4 Å². The Bertz CT molecular complexity index is 1210. The van der Waals surface area contributed by atoms with Crippen molar-refractivity contribution in [3.05, 3.63) is 24.3 Å². The van der Waals surface area contributed by atoms with Crippen molar-refractivity contribution in [2.24, 2.45) is 16.7 Å². The predicted octanol–water partition coefficient (Wildman–Crippen LogP) is 3.86. The monoisotopic (exact) mass is 729 g/mol. The quantitative estimate of drug-likeness (QED) is 0.0693. The van der Waals surface area contributed by atoms with E-state index in [9.17, 15) is 26.2 Å². The Morgan fingerprint density at radius 2 is 1.33 bits per heavy atom. The van der Waals surface area contributed by atoms with Crippen molar-refractivity contribution >= 4 is 37.7 Å². The Morgan fingerprint density at radius 3 is 1.62 bits per heavy atom. The molecule has 3 rings (SSSR count). The zero-order valence-electron chi connectivity index (χ0n) is 30.8. The van der Waals surface area contributed by atoms with E-state index >= 15 is 0 Å². The number of nitrogen functional groups attached to an aromatic ring is 2. The van der Waals surface area contributed by atoms with Crippen LogP contribution in [0.1, 0.15) is 125 Å². The van der Waals surface area contributed by atoms with Crippen LogP contribution in [0.3, 0.4) is 0 Å². The summed E-state index contributed by atoms with van der Waals surface area (Å²) in [5.41, 5.74) is 11.1. The molecular weight excluding hydrogens is 666 g/mol. The number of anilines is 2. The summed E-state index contributed by atoms with van der Waals surface area (Å²) < 4.78 is 65.4. The molecule has 0 heterocycles. The van der Waals surface area contributed by atoms with Gasteiger partial charge in [-0.3, -0.25) is 13.5 Å². The number of unbranched alkanes of at least 4 members (excludes halogenated alkanes) is 9. The Kier molecular flexibility index (Phi) is 25.9. The van der Waals surface area contributed by atoms with Gasteiger partial charge < -0.3 is 20.9 Å². The van der Waals surface area contributed by atoms with Crippen LogP contribution in [0.2, 0.25) is 0 Å². The molecule has 14 heteroatoms. The van der Waals surface area contributed by atoms with E-state index in [1.807, 2.05) is 19.9 Å². The molecule has 2 unspecified atom stereocenters. The van der Waals surface area contributed by atoms with E-state index in [-0.39, 0.29) is 53.3 Å². The number of carbonyl (C=O) groups is 1. The average molecular weight is 730 g/mol. The molecule has 2 atom stereocenters. The van der Waals surface area contributed by atoms with E-state index in [0.29, 0.717) is 30.6 Å². The molecule has 0 aliphatic heterocycles. The molecule has 2 bridgehead atoms. The molecule has 2 aliphatic rings. The first-order valence-corrected chi connectivity index (χ1v) is 20.2. The van der Waals surface area contributed by atoms with Gasteiger partial charge in [-0.2, -0.15) is 8.42 Å². The van der Waals surface area contributed by atoms with Gasteiger partial charge in [0.2, 0.25) is 10.4 Å². The smallest absolute Gasteiger partial charge is 0.726 e. The maximum atomic E-state index is 11.9. The van der Waals surface area contributed by atoms with Gasteiger partial charge in [0.25, 0.3) is 10.1 Å². The van der Waals surface area contributed by atoms with Gasteiger partial charge in [0.1, 0.15) is 5.78 Å². The molecule has 1 aromatic carbocycles. The number of carbonyl (C=O) groups excluding carboxylic acids is 1. The minimum atomic E-state index is -4.48. The van der Waals surface area contributed by atoms with Crippen molar-refractivity contribution in [1.82, 2.24) is 4.90 Å². The van der Waals surface area contributed by atoms with Crippen molar-refractivity contribution in [1.29, 1.82) is 0 Å². The van der Waals surface area contributed by atoms with Gasteiger partial charge in [-0.25, -0.2) is 8.42 Å². The zero-order chi connectivity index (χ0) is 36.2. The number of nitrogens with zero attached hydrogens (tertiary/aromatic N) is 1. The fraction of sp³-hybridized carbons (Fsp3) is 0.794. The number of ketones is 1. The third-order valence-electron chi connectivity index (χ3n) is 9.55. The summed E-state index contributed by atoms with van der Waals surface area (Å²) >= 11 is 0. The molecule has 5 N–H and O–H groups in total. The Morgan fingerprint density at radius 1 is 0.875 bits per heavy atom. The fourth-order valence-corrected chi connectivity index (χ4v) is 8.02. The topological polar surface area (TPSA) is 193 Å². The van der Waals surface area contributed by atoms with Gasteiger partial charge in [-0.05, 0) is 68.4 Å². The van der Waals surface area contributed by atoms with E-state index in [1.165, 1.54) is 64.6 Å². The Labute approximate surface area is 314 Å². The van der Waals surface area contributed by atoms with E-state index < -0.39 is 31.7 Å². The van der Waals surface area contributed by atoms with Gasteiger partial charge in [-0.15, -0.1) is 0 Å². The van der Waals surface area contributed by atoms with Gasteiger partial charge in [0.05, 0.1) is 17.8 Å². The summed E-state index contributed by atoms with van der Waals surface area (Å²) in [4.78, 5) is 14.3. The third kappa shape index (κ3) is 20.2. The molecule has 0 amide bonds. The van der Waals surface area contributed by atoms with Crippen molar-refractivity contribution in [2.45, 2.75) is 125 Å². The minimum absolute atomic E-state index is 0. The van der Waals surface area contributed by atoms with Crippen LogP contribution in [0, 0.1) is 16.7 Å². The molecule has 2 aliphatic carbocycles. The second kappa shape index (κ2) is 25.2. The molecule has 0 saturated heterocycles. The standard InChI is InChI=1S/C12H26O4S.C10H16O4S.C6H8N2.C6H15N.Na/c1-2-3-4-5-6-7-8-9-10-11-12-16-17(13,14)15;1-9(2)7-3-4-10(9,8(11)5-7)6-15(12,13)14;7-5-2-1-3-6(8)4-5;1-4-7(5-2)6-3;/h2-12H2,1H3,(H,13,14,15);7H,3-6H2,1-2H3,(H,12,13,14);1-4H,7-8H2;4-6H2,1-3H3;/q;;;;+1/p-1. The van der Waals surface area contributed by atoms with Crippen LogP contribution in [-0.4, -0.2) is 68.6 Å². The summed E-state index contributed by atoms with van der Waals surface area (Å²) in [6.45, 7) is 16.3. The van der Waals surface area contributed by atoms with E-state index in [1.54, 1.807) is 18.2 Å². The van der Waals surface area contributed by atoms with E-state index in [2.05, 4.69) is 36.8 Å². The predicted molar refractivity (Wildman–Crippen MR) is 191 cm³/mol. The fourth-order valence-electron chi connectivity index (χ4n) is 6.40. The second-order valence-electron chi connectivity index (χ2n) is 13.1. The molecule has 1 aromatic rings. The van der Waals surface area contributed by atoms with Crippen LogP contribution < -0.4 is 41.0 Å². The SMILES string of the molecule is CC1(C)C2CCC1(CS(=O)(=O)O)C(=O)C2.CCCCCCCCCCCCOS(=O)(=O)[O-].CCN(CC)CC.Nc1cccc(N)c1.[Na+].